The fourth-order valence-corrected chi connectivity index (χ4v) is 31.7. The molecule has 10 unspecified atom stereocenters. The van der Waals surface area contributed by atoms with Crippen LogP contribution in [0.3, 0.4) is 0 Å². The third-order valence-electron chi connectivity index (χ3n) is 25.2. The Morgan fingerprint density at radius 2 is 0.722 bits per heavy atom. The maximum Gasteiger partial charge on any atom is 0.502 e. The highest BCUT2D eigenvalue weighted by Crippen LogP contribution is 2.44. The van der Waals surface area contributed by atoms with Gasteiger partial charge in [-0.05, 0) is 147 Å². The summed E-state index contributed by atoms with van der Waals surface area (Å²) < 4.78 is 193. The van der Waals surface area contributed by atoms with Crippen LogP contribution in [-0.4, -0.2) is 415 Å². The van der Waals surface area contributed by atoms with Crippen LogP contribution >= 0.6 is 12.6 Å². The molecule has 10 atom stereocenters. The maximum atomic E-state index is 10.2. The molecular formula is C84H185NO38SSi9. The van der Waals surface area contributed by atoms with Crippen LogP contribution in [0.1, 0.15) is 137 Å². The van der Waals surface area contributed by atoms with Crippen molar-refractivity contribution in [2.75, 3.05) is 282 Å². The molecule has 3 aliphatic carbocycles. The SMILES string of the molecule is CCC1(COCC[Si](OC)(OC)OC)COC1.CCO[Si](CCCOCC1(CC)COC1)(OCC)OCC.CO[SiH](CCOCC1CO1)OC.CO[Si](CC1CCC2OC2C1)(OC)OC.CO[Si](CCC(=O)O)(OC)OC.CO[Si](CCC1CCC2OC2C1)(OC)OC.CO[Si](CCCN)(OC)OC.CO[Si](CCCS)(OC)OC.CO[Si](CCOCC1CCC2OC2C1)(OC)OC. The van der Waals surface area contributed by atoms with Gasteiger partial charge in [-0.2, -0.15) is 12.6 Å². The van der Waals surface area contributed by atoms with Crippen molar-refractivity contribution < 1.29 is 172 Å². The van der Waals surface area contributed by atoms with Gasteiger partial charge in [-0.3, -0.25) is 4.79 Å². The standard InChI is InChI=1S/C15H32O5Si.C12H24O5Si.C11H24O5Si.C11H22O4Si.C10H20O4Si.C7H16O4Si.C6H17NO3Si.C6H14O5Si.C6H16O3SSi/c1-5-15(13-17-14-15)12-16-10-9-11-21(18-6-2,19-7-3)20-8-4;1-13-18(14-2,15-3)7-6-16-9-10-4-5-11-12(8-10)17-11;1-5-11(9-16-10-11)8-15-6-7-17(12-2,13-3)14-4;1-12-16(13-2,14-3)7-6-9-4-5-10-11(8-9)15-10;1-11-15(12-2,13-3)7-8-4-5-9-10(6-8)14-9;1-8-12(9-2)4-3-10-5-7-6-11-7;1-8-11(9-2,10-3)6-4-5-7;1-9-12(10-2,11-3)5-4-6(7)8;1-7-11(8-2,9-3)6-4-5-10/h5-14H2,1-4H3;10-12H,4-9H2,1-3H3;5-10H2,1-4H3;9-11H,4-8H2,1-3H3;8-10H,4-7H2,1-3H3;7,12H,3-6H2,1-2H3;4-7H2,1-3H3;4-5H2,1-3H3,(H,7,8);10H,4-6H2,1-3H3. The molecule has 133 heavy (non-hydrogen) atoms. The van der Waals surface area contributed by atoms with Gasteiger partial charge in [0.2, 0.25) is 0 Å². The first kappa shape index (κ1) is 131. The van der Waals surface area contributed by atoms with Crippen LogP contribution in [0.4, 0.5) is 0 Å². The predicted molar refractivity (Wildman–Crippen MR) is 524 cm³/mol. The van der Waals surface area contributed by atoms with Gasteiger partial charge in [-0.25, -0.2) is 0 Å². The van der Waals surface area contributed by atoms with Gasteiger partial charge in [0, 0.05) is 275 Å². The number of carboxylic acid groups (broad SMARTS) is 1. The Morgan fingerprint density at radius 1 is 0.383 bits per heavy atom. The summed E-state index contributed by atoms with van der Waals surface area (Å²) in [6.45, 7) is 22.7. The highest BCUT2D eigenvalue weighted by atomic mass is 32.1. The van der Waals surface area contributed by atoms with Crippen molar-refractivity contribution in [3.8, 4) is 0 Å². The smallest absolute Gasteiger partial charge is 0.481 e. The first-order valence-corrected chi connectivity index (χ1v) is 64.9. The second kappa shape index (κ2) is 74.2. The van der Waals surface area contributed by atoms with E-state index in [9.17, 15) is 4.79 Å². The molecule has 9 aliphatic rings. The minimum Gasteiger partial charge on any atom is -0.481 e. The fraction of sp³-hybridized carbons (Fsp3) is 0.988. The van der Waals surface area contributed by atoms with Gasteiger partial charge in [0.05, 0.1) is 103 Å². The quantitative estimate of drug-likeness (QED) is 0.0220. The lowest BCUT2D eigenvalue weighted by Gasteiger charge is -2.40. The van der Waals surface area contributed by atoms with Gasteiger partial charge < -0.3 is 173 Å². The van der Waals surface area contributed by atoms with Gasteiger partial charge in [0.15, 0.2) is 0 Å². The van der Waals surface area contributed by atoms with Gasteiger partial charge in [0.1, 0.15) is 6.10 Å². The number of thiol groups is 1. The highest BCUT2D eigenvalue weighted by Gasteiger charge is 2.51. The van der Waals surface area contributed by atoms with E-state index in [1.54, 1.807) is 142 Å². The number of carboxylic acids is 1. The Kier molecular flexibility index (Phi) is 73.3. The normalized spacial score (nSPS) is 22.4. The van der Waals surface area contributed by atoms with Crippen molar-refractivity contribution in [2.45, 2.75) is 234 Å². The summed E-state index contributed by atoms with van der Waals surface area (Å²) in [5.41, 5.74) is 5.85. The summed E-state index contributed by atoms with van der Waals surface area (Å²) in [6, 6.07) is 6.85. The minimum atomic E-state index is -2.66. The van der Waals surface area contributed by atoms with Crippen molar-refractivity contribution in [3.63, 3.8) is 0 Å². The van der Waals surface area contributed by atoms with Crippen LogP contribution in [0, 0.1) is 28.6 Å². The van der Waals surface area contributed by atoms with Gasteiger partial charge >= 0.3 is 85.7 Å². The van der Waals surface area contributed by atoms with E-state index in [0.29, 0.717) is 119 Å². The Labute approximate surface area is 816 Å². The molecule has 6 heterocycles. The van der Waals surface area contributed by atoms with Crippen LogP contribution in [0.5, 0.6) is 0 Å². The summed E-state index contributed by atoms with van der Waals surface area (Å²) >= 11 is 4.10. The zero-order valence-corrected chi connectivity index (χ0v) is 96.9. The first-order valence-electron chi connectivity index (χ1n) is 47.1. The predicted octanol–water partition coefficient (Wildman–Crippen LogP) is 10.5. The molecule has 9 fully saturated rings. The molecular weight excluding hydrogens is 1920 g/mol. The molecule has 49 heteroatoms. The van der Waals surface area contributed by atoms with Crippen LogP contribution < -0.4 is 5.73 Å². The van der Waals surface area contributed by atoms with Crippen LogP contribution in [-0.2, 0) is 167 Å². The Bertz CT molecular complexity index is 2660. The van der Waals surface area contributed by atoms with Crippen molar-refractivity contribution in [3.05, 3.63) is 0 Å². The number of nitrogens with two attached hydrogens (primary N) is 1. The summed E-state index contributed by atoms with van der Waals surface area (Å²) in [5.74, 6) is 2.01. The number of hydrogen-bond donors (Lipinski definition) is 3. The van der Waals surface area contributed by atoms with E-state index < -0.39 is 85.7 Å². The van der Waals surface area contributed by atoms with E-state index in [1.807, 2.05) is 20.8 Å². The number of carbonyl (C=O) groups is 1. The Balaban J connectivity index is 0.000000754. The number of aliphatic carboxylic acids is 1. The average molecular weight is 2100 g/mol. The molecule has 0 aromatic rings. The molecule has 0 spiro atoms. The lowest BCUT2D eigenvalue weighted by molar-refractivity contribution is -0.150. The molecule has 0 bridgehead atoms. The summed E-state index contributed by atoms with van der Waals surface area (Å²) in [5, 5.41) is 8.42. The Hall–Kier alpha value is 0.292. The summed E-state index contributed by atoms with van der Waals surface area (Å²) in [7, 11) is 16.4. The number of ether oxygens (including phenoxy) is 10. The lowest BCUT2D eigenvalue weighted by atomic mass is 9.84. The fourth-order valence-electron chi connectivity index (χ4n) is 15.6. The Morgan fingerprint density at radius 3 is 1.07 bits per heavy atom. The van der Waals surface area contributed by atoms with E-state index in [1.165, 1.54) is 66.3 Å². The van der Waals surface area contributed by atoms with Crippen molar-refractivity contribution in [1.82, 2.24) is 0 Å². The topological polar surface area (TPSA) is 409 Å². The number of rotatable bonds is 66. The van der Waals surface area contributed by atoms with Crippen LogP contribution in [0.15, 0.2) is 0 Å². The molecule has 0 aromatic heterocycles. The van der Waals surface area contributed by atoms with E-state index in [4.69, 9.17) is 173 Å². The molecule has 3 saturated carbocycles. The second-order valence-corrected chi connectivity index (χ2v) is 60.4. The number of fused-ring (bicyclic) bond motifs is 3. The molecule has 0 radical (unpaired) electrons. The van der Waals surface area contributed by atoms with Gasteiger partial charge in [-0.1, -0.05) is 13.8 Å². The highest BCUT2D eigenvalue weighted by molar-refractivity contribution is 7.80. The zero-order chi connectivity index (χ0) is 99.8. The maximum absolute atomic E-state index is 10.2. The van der Waals surface area contributed by atoms with Crippen molar-refractivity contribution >= 4 is 98.3 Å². The lowest BCUT2D eigenvalue weighted by Crippen LogP contribution is -2.47. The molecule has 3 N–H and O–H groups in total. The summed E-state index contributed by atoms with van der Waals surface area (Å²) in [6.07, 6.45) is 20.6. The van der Waals surface area contributed by atoms with Crippen molar-refractivity contribution in [2.24, 2.45) is 34.3 Å². The number of epoxide rings is 4. The molecule has 6 saturated heterocycles. The van der Waals surface area contributed by atoms with Gasteiger partial charge in [-0.15, -0.1) is 0 Å². The molecule has 9 rings (SSSR count). The first-order chi connectivity index (χ1) is 63.9. The van der Waals surface area contributed by atoms with E-state index in [-0.39, 0.29) is 17.3 Å². The van der Waals surface area contributed by atoms with E-state index in [0.717, 1.165) is 165 Å². The van der Waals surface area contributed by atoms with Gasteiger partial charge in [0.25, 0.3) is 0 Å². The second-order valence-electron chi connectivity index (χ2n) is 33.3. The zero-order valence-electron chi connectivity index (χ0n) is 86.8. The van der Waals surface area contributed by atoms with Crippen LogP contribution in [0.2, 0.25) is 54.4 Å². The van der Waals surface area contributed by atoms with Crippen molar-refractivity contribution in [1.29, 1.82) is 0 Å². The van der Waals surface area contributed by atoms with E-state index >= 15 is 0 Å². The minimum absolute atomic E-state index is 0.00173. The average Bonchev–Trinajstić information content (AvgIpc) is 1.66. The molecule has 39 nitrogen and oxygen atoms in total. The molecule has 6 aliphatic heterocycles. The third-order valence-corrected chi connectivity index (χ3v) is 49.9. The number of hydrogen-bond acceptors (Lipinski definition) is 39. The van der Waals surface area contributed by atoms with E-state index in [2.05, 4.69) is 26.5 Å². The molecule has 796 valence electrons. The molecule has 0 amide bonds. The molecule has 0 aromatic carbocycles. The monoisotopic (exact) mass is 2100 g/mol. The largest absolute Gasteiger partial charge is 0.502 e. The third kappa shape index (κ3) is 50.8. The summed E-state index contributed by atoms with van der Waals surface area (Å²) in [4.78, 5) is 10.2. The van der Waals surface area contributed by atoms with Crippen LogP contribution in [0.25, 0.3) is 0 Å².